The molecule has 0 aliphatic rings. The highest BCUT2D eigenvalue weighted by Gasteiger charge is 2.34. The Morgan fingerprint density at radius 2 is 2.00 bits per heavy atom. The Balaban J connectivity index is 2.97. The zero-order valence-corrected chi connectivity index (χ0v) is 10.7. The van der Waals surface area contributed by atoms with E-state index in [1.165, 1.54) is 0 Å². The lowest BCUT2D eigenvalue weighted by Crippen LogP contribution is -2.41. The third-order valence-electron chi connectivity index (χ3n) is 2.87. The van der Waals surface area contributed by atoms with Gasteiger partial charge in [0.05, 0.1) is 0 Å². The second kappa shape index (κ2) is 5.71. The molecule has 1 N–H and O–H groups in total. The standard InChI is InChI=1S/C14H20O3/c1-4-10-14(3,13(15)16)17-12-9-7-6-8-11(12)5-2/h6-9H,4-5,10H2,1-3H3,(H,15,16). The van der Waals surface area contributed by atoms with Gasteiger partial charge < -0.3 is 9.84 Å². The van der Waals surface area contributed by atoms with E-state index in [0.717, 1.165) is 18.4 Å². The van der Waals surface area contributed by atoms with E-state index in [2.05, 4.69) is 0 Å². The fraction of sp³-hybridized carbons (Fsp3) is 0.500. The predicted molar refractivity (Wildman–Crippen MR) is 67.4 cm³/mol. The van der Waals surface area contributed by atoms with E-state index in [-0.39, 0.29) is 0 Å². The number of hydrogen-bond donors (Lipinski definition) is 1. The highest BCUT2D eigenvalue weighted by molar-refractivity contribution is 5.77. The number of aliphatic carboxylic acids is 1. The summed E-state index contributed by atoms with van der Waals surface area (Å²) in [6.07, 6.45) is 2.11. The molecule has 94 valence electrons. The van der Waals surface area contributed by atoms with Gasteiger partial charge in [0, 0.05) is 0 Å². The second-order valence-electron chi connectivity index (χ2n) is 4.35. The quantitative estimate of drug-likeness (QED) is 0.824. The maximum atomic E-state index is 11.3. The summed E-state index contributed by atoms with van der Waals surface area (Å²) in [6.45, 7) is 5.61. The van der Waals surface area contributed by atoms with Crippen molar-refractivity contribution < 1.29 is 14.6 Å². The highest BCUT2D eigenvalue weighted by Crippen LogP contribution is 2.26. The molecule has 0 aliphatic carbocycles. The molecular formula is C14H20O3. The molecular weight excluding hydrogens is 216 g/mol. The zero-order chi connectivity index (χ0) is 12.9. The summed E-state index contributed by atoms with van der Waals surface area (Å²) in [6, 6.07) is 7.59. The minimum atomic E-state index is -1.14. The van der Waals surface area contributed by atoms with Crippen LogP contribution in [0.1, 0.15) is 39.2 Å². The van der Waals surface area contributed by atoms with Crippen LogP contribution in [0.15, 0.2) is 24.3 Å². The smallest absolute Gasteiger partial charge is 0.347 e. The van der Waals surface area contributed by atoms with Gasteiger partial charge in [0.15, 0.2) is 0 Å². The molecule has 17 heavy (non-hydrogen) atoms. The van der Waals surface area contributed by atoms with Crippen molar-refractivity contribution >= 4 is 5.97 Å². The van der Waals surface area contributed by atoms with Gasteiger partial charge in [0.1, 0.15) is 5.75 Å². The van der Waals surface area contributed by atoms with Crippen LogP contribution in [0.4, 0.5) is 0 Å². The van der Waals surface area contributed by atoms with Crippen LogP contribution in [0.2, 0.25) is 0 Å². The molecule has 0 amide bonds. The van der Waals surface area contributed by atoms with Gasteiger partial charge in [-0.3, -0.25) is 0 Å². The van der Waals surface area contributed by atoms with Gasteiger partial charge in [-0.05, 0) is 31.4 Å². The molecule has 0 spiro atoms. The number of carboxylic acid groups (broad SMARTS) is 1. The lowest BCUT2D eigenvalue weighted by molar-refractivity contribution is -0.154. The molecule has 0 saturated heterocycles. The molecule has 3 nitrogen and oxygen atoms in total. The summed E-state index contributed by atoms with van der Waals surface area (Å²) in [5, 5.41) is 9.26. The Morgan fingerprint density at radius 1 is 1.35 bits per heavy atom. The number of carbonyl (C=O) groups is 1. The molecule has 1 aromatic carbocycles. The average Bonchev–Trinajstić information content (AvgIpc) is 2.30. The van der Waals surface area contributed by atoms with E-state index in [9.17, 15) is 9.90 Å². The number of carboxylic acids is 1. The number of aryl methyl sites for hydroxylation is 1. The van der Waals surface area contributed by atoms with Gasteiger partial charge in [-0.25, -0.2) is 4.79 Å². The number of ether oxygens (including phenoxy) is 1. The van der Waals surface area contributed by atoms with Crippen molar-refractivity contribution in [3.63, 3.8) is 0 Å². The number of rotatable bonds is 6. The Bertz CT molecular complexity index is 387. The lowest BCUT2D eigenvalue weighted by Gasteiger charge is -2.27. The van der Waals surface area contributed by atoms with Crippen molar-refractivity contribution in [3.05, 3.63) is 29.8 Å². The maximum absolute atomic E-state index is 11.3. The molecule has 0 aliphatic heterocycles. The predicted octanol–water partition coefficient (Wildman–Crippen LogP) is 3.27. The molecule has 0 bridgehead atoms. The van der Waals surface area contributed by atoms with Gasteiger partial charge in [0.2, 0.25) is 5.60 Å². The summed E-state index contributed by atoms with van der Waals surface area (Å²) in [5.74, 6) is -0.237. The van der Waals surface area contributed by atoms with Gasteiger partial charge >= 0.3 is 5.97 Å². The lowest BCUT2D eigenvalue weighted by atomic mass is 10.00. The van der Waals surface area contributed by atoms with E-state index < -0.39 is 11.6 Å². The molecule has 0 heterocycles. The zero-order valence-electron chi connectivity index (χ0n) is 10.7. The summed E-state index contributed by atoms with van der Waals surface area (Å²) in [7, 11) is 0. The van der Waals surface area contributed by atoms with Crippen LogP contribution >= 0.6 is 0 Å². The first-order valence-electron chi connectivity index (χ1n) is 6.03. The minimum Gasteiger partial charge on any atom is -0.478 e. The van der Waals surface area contributed by atoms with E-state index in [0.29, 0.717) is 12.2 Å². The monoisotopic (exact) mass is 236 g/mol. The van der Waals surface area contributed by atoms with E-state index >= 15 is 0 Å². The van der Waals surface area contributed by atoms with Crippen LogP contribution in [0.25, 0.3) is 0 Å². The fourth-order valence-corrected chi connectivity index (χ4v) is 1.82. The highest BCUT2D eigenvalue weighted by atomic mass is 16.5. The molecule has 1 rings (SSSR count). The first-order valence-corrected chi connectivity index (χ1v) is 6.03. The van der Waals surface area contributed by atoms with Crippen molar-refractivity contribution in [2.45, 2.75) is 45.6 Å². The summed E-state index contributed by atoms with van der Waals surface area (Å²) in [5.41, 5.74) is -0.101. The average molecular weight is 236 g/mol. The van der Waals surface area contributed by atoms with Crippen LogP contribution in [0, 0.1) is 0 Å². The summed E-state index contributed by atoms with van der Waals surface area (Å²) >= 11 is 0. The molecule has 1 aromatic rings. The Hall–Kier alpha value is -1.51. The molecule has 0 aromatic heterocycles. The van der Waals surface area contributed by atoms with Crippen molar-refractivity contribution in [1.82, 2.24) is 0 Å². The normalized spacial score (nSPS) is 14.1. The maximum Gasteiger partial charge on any atom is 0.347 e. The molecule has 1 atom stereocenters. The fourth-order valence-electron chi connectivity index (χ4n) is 1.82. The van der Waals surface area contributed by atoms with E-state index in [4.69, 9.17) is 4.74 Å². The number of benzene rings is 1. The topological polar surface area (TPSA) is 46.5 Å². The van der Waals surface area contributed by atoms with E-state index in [1.807, 2.05) is 38.1 Å². The van der Waals surface area contributed by atoms with Crippen molar-refractivity contribution in [1.29, 1.82) is 0 Å². The van der Waals surface area contributed by atoms with Crippen molar-refractivity contribution in [3.8, 4) is 5.75 Å². The second-order valence-corrected chi connectivity index (χ2v) is 4.35. The SMILES string of the molecule is CCCC(C)(Oc1ccccc1CC)C(=O)O. The summed E-state index contributed by atoms with van der Waals surface area (Å²) in [4.78, 5) is 11.3. The Labute approximate surface area is 102 Å². The van der Waals surface area contributed by atoms with Crippen LogP contribution in [-0.4, -0.2) is 16.7 Å². The Morgan fingerprint density at radius 3 is 2.53 bits per heavy atom. The van der Waals surface area contributed by atoms with Crippen molar-refractivity contribution in [2.24, 2.45) is 0 Å². The van der Waals surface area contributed by atoms with Gasteiger partial charge in [-0.1, -0.05) is 38.5 Å². The molecule has 0 fully saturated rings. The van der Waals surface area contributed by atoms with Gasteiger partial charge in [-0.15, -0.1) is 0 Å². The van der Waals surface area contributed by atoms with Crippen LogP contribution < -0.4 is 4.74 Å². The summed E-state index contributed by atoms with van der Waals surface area (Å²) < 4.78 is 5.73. The molecule has 0 radical (unpaired) electrons. The number of hydrogen-bond acceptors (Lipinski definition) is 2. The van der Waals surface area contributed by atoms with Crippen molar-refractivity contribution in [2.75, 3.05) is 0 Å². The number of para-hydroxylation sites is 1. The molecule has 3 heteroatoms. The van der Waals surface area contributed by atoms with Crippen LogP contribution in [0.5, 0.6) is 5.75 Å². The Kier molecular flexibility index (Phi) is 4.55. The first kappa shape index (κ1) is 13.6. The third-order valence-corrected chi connectivity index (χ3v) is 2.87. The van der Waals surface area contributed by atoms with Crippen LogP contribution in [-0.2, 0) is 11.2 Å². The van der Waals surface area contributed by atoms with Gasteiger partial charge in [-0.2, -0.15) is 0 Å². The molecule has 0 saturated carbocycles. The minimum absolute atomic E-state index is 0.500. The largest absolute Gasteiger partial charge is 0.478 e. The first-order chi connectivity index (χ1) is 8.03. The van der Waals surface area contributed by atoms with E-state index in [1.54, 1.807) is 6.92 Å². The molecule has 1 unspecified atom stereocenters. The van der Waals surface area contributed by atoms with Crippen LogP contribution in [0.3, 0.4) is 0 Å². The third kappa shape index (κ3) is 3.22. The van der Waals surface area contributed by atoms with Gasteiger partial charge in [0.25, 0.3) is 0 Å².